The molecule has 8 nitrogen and oxygen atoms in total. The third-order valence-electron chi connectivity index (χ3n) is 4.18. The fourth-order valence-corrected chi connectivity index (χ4v) is 2.64. The first-order valence-corrected chi connectivity index (χ1v) is 9.20. The zero-order valence-electron chi connectivity index (χ0n) is 16.5. The first-order chi connectivity index (χ1) is 14.0. The van der Waals surface area contributed by atoms with E-state index in [2.05, 4.69) is 15.4 Å². The maximum Gasteiger partial charge on any atom is 0.342 e. The van der Waals surface area contributed by atoms with Gasteiger partial charge in [-0.2, -0.15) is 5.10 Å². The third kappa shape index (κ3) is 4.78. The molecular weight excluding hydrogens is 372 g/mol. The molecule has 1 unspecified atom stereocenters. The van der Waals surface area contributed by atoms with E-state index in [0.717, 1.165) is 0 Å². The van der Waals surface area contributed by atoms with Crippen LogP contribution < -0.4 is 10.1 Å². The number of anilines is 1. The van der Waals surface area contributed by atoms with Crippen LogP contribution in [0.4, 0.5) is 5.69 Å². The SMILES string of the molecule is CCOc1ccc(NC(=O)C(C)OC(=O)c2cnn(-c3ccccn3)c2C)cc1. The van der Waals surface area contributed by atoms with Crippen LogP contribution in [0.1, 0.15) is 29.9 Å². The molecule has 2 aromatic heterocycles. The summed E-state index contributed by atoms with van der Waals surface area (Å²) in [7, 11) is 0. The van der Waals surface area contributed by atoms with E-state index in [0.29, 0.717) is 29.6 Å². The number of amides is 1. The predicted octanol–water partition coefficient (Wildman–Crippen LogP) is 3.16. The first-order valence-electron chi connectivity index (χ1n) is 9.20. The van der Waals surface area contributed by atoms with Crippen LogP contribution in [0.3, 0.4) is 0 Å². The van der Waals surface area contributed by atoms with E-state index in [4.69, 9.17) is 9.47 Å². The highest BCUT2D eigenvalue weighted by molar-refractivity contribution is 5.97. The Morgan fingerprint density at radius 2 is 1.93 bits per heavy atom. The van der Waals surface area contributed by atoms with E-state index < -0.39 is 18.0 Å². The number of carbonyl (C=O) groups excluding carboxylic acids is 2. The van der Waals surface area contributed by atoms with Gasteiger partial charge in [0, 0.05) is 11.9 Å². The number of aromatic nitrogens is 3. The van der Waals surface area contributed by atoms with Gasteiger partial charge in [0.1, 0.15) is 11.3 Å². The number of esters is 1. The molecule has 1 atom stereocenters. The van der Waals surface area contributed by atoms with Crippen molar-refractivity contribution in [2.45, 2.75) is 26.9 Å². The molecule has 0 saturated heterocycles. The number of hydrogen-bond donors (Lipinski definition) is 1. The molecule has 0 radical (unpaired) electrons. The fourth-order valence-electron chi connectivity index (χ4n) is 2.64. The van der Waals surface area contributed by atoms with Crippen molar-refractivity contribution in [3.05, 3.63) is 66.1 Å². The molecule has 0 aliphatic rings. The Morgan fingerprint density at radius 3 is 2.59 bits per heavy atom. The quantitative estimate of drug-likeness (QED) is 0.619. The summed E-state index contributed by atoms with van der Waals surface area (Å²) in [6.45, 7) is 5.71. The van der Waals surface area contributed by atoms with Crippen molar-refractivity contribution in [2.75, 3.05) is 11.9 Å². The fraction of sp³-hybridized carbons (Fsp3) is 0.238. The minimum atomic E-state index is -0.980. The third-order valence-corrected chi connectivity index (χ3v) is 4.18. The van der Waals surface area contributed by atoms with Gasteiger partial charge in [-0.1, -0.05) is 6.07 Å². The molecule has 3 rings (SSSR count). The van der Waals surface area contributed by atoms with Crippen molar-refractivity contribution in [1.29, 1.82) is 0 Å². The van der Waals surface area contributed by atoms with Gasteiger partial charge in [0.25, 0.3) is 5.91 Å². The lowest BCUT2D eigenvalue weighted by atomic mass is 10.2. The van der Waals surface area contributed by atoms with Crippen LogP contribution in [0.25, 0.3) is 5.82 Å². The van der Waals surface area contributed by atoms with Crippen molar-refractivity contribution >= 4 is 17.6 Å². The molecule has 8 heteroatoms. The average Bonchev–Trinajstić information content (AvgIpc) is 3.11. The topological polar surface area (TPSA) is 95.3 Å². The molecule has 0 saturated carbocycles. The lowest BCUT2D eigenvalue weighted by molar-refractivity contribution is -0.123. The molecular formula is C21H22N4O4. The zero-order chi connectivity index (χ0) is 20.8. The van der Waals surface area contributed by atoms with Crippen molar-refractivity contribution < 1.29 is 19.1 Å². The molecule has 2 heterocycles. The summed E-state index contributed by atoms with van der Waals surface area (Å²) in [4.78, 5) is 29.1. The number of nitrogens with one attached hydrogen (secondary N) is 1. The smallest absolute Gasteiger partial charge is 0.342 e. The van der Waals surface area contributed by atoms with Gasteiger partial charge in [0.2, 0.25) is 0 Å². The summed E-state index contributed by atoms with van der Waals surface area (Å²) in [5, 5.41) is 6.90. The largest absolute Gasteiger partial charge is 0.494 e. The Morgan fingerprint density at radius 1 is 1.17 bits per heavy atom. The highest BCUT2D eigenvalue weighted by atomic mass is 16.5. The lowest BCUT2D eigenvalue weighted by Crippen LogP contribution is -2.30. The van der Waals surface area contributed by atoms with E-state index in [1.807, 2.05) is 13.0 Å². The lowest BCUT2D eigenvalue weighted by Gasteiger charge is -2.14. The number of ether oxygens (including phenoxy) is 2. The van der Waals surface area contributed by atoms with Crippen molar-refractivity contribution in [3.63, 3.8) is 0 Å². The Balaban J connectivity index is 1.63. The highest BCUT2D eigenvalue weighted by Gasteiger charge is 2.22. The monoisotopic (exact) mass is 394 g/mol. The molecule has 0 spiro atoms. The normalized spacial score (nSPS) is 11.6. The number of hydrogen-bond acceptors (Lipinski definition) is 6. The molecule has 3 aromatic rings. The molecule has 0 bridgehead atoms. The molecule has 1 N–H and O–H groups in total. The molecule has 1 aromatic carbocycles. The maximum absolute atomic E-state index is 12.5. The standard InChI is InChI=1S/C21H22N4O4/c1-4-28-17-10-8-16(9-11-17)24-20(26)15(3)29-21(27)18-13-23-25(14(18)2)19-7-5-6-12-22-19/h5-13,15H,4H2,1-3H3,(H,24,26). The van der Waals surface area contributed by atoms with Gasteiger partial charge in [-0.25, -0.2) is 14.5 Å². The van der Waals surface area contributed by atoms with Gasteiger partial charge in [0.05, 0.1) is 18.5 Å². The van der Waals surface area contributed by atoms with Crippen molar-refractivity contribution in [3.8, 4) is 11.6 Å². The number of rotatable bonds is 7. The van der Waals surface area contributed by atoms with Gasteiger partial charge in [-0.3, -0.25) is 4.79 Å². The Bertz CT molecular complexity index is 984. The van der Waals surface area contributed by atoms with E-state index in [1.54, 1.807) is 54.2 Å². The average molecular weight is 394 g/mol. The maximum atomic E-state index is 12.5. The molecule has 150 valence electrons. The van der Waals surface area contributed by atoms with Crippen LogP contribution in [0.15, 0.2) is 54.9 Å². The van der Waals surface area contributed by atoms with E-state index in [9.17, 15) is 9.59 Å². The predicted molar refractivity (Wildman–Crippen MR) is 107 cm³/mol. The summed E-state index contributed by atoms with van der Waals surface area (Å²) in [6, 6.07) is 12.4. The van der Waals surface area contributed by atoms with Crippen LogP contribution >= 0.6 is 0 Å². The number of nitrogens with zero attached hydrogens (tertiary/aromatic N) is 3. The Kier molecular flexibility index (Phi) is 6.23. The van der Waals surface area contributed by atoms with E-state index >= 15 is 0 Å². The molecule has 29 heavy (non-hydrogen) atoms. The summed E-state index contributed by atoms with van der Waals surface area (Å²) in [5.41, 5.74) is 1.43. The second-order valence-electron chi connectivity index (χ2n) is 6.24. The molecule has 0 aliphatic carbocycles. The van der Waals surface area contributed by atoms with Crippen LogP contribution in [-0.4, -0.2) is 39.4 Å². The van der Waals surface area contributed by atoms with Gasteiger partial charge >= 0.3 is 5.97 Å². The minimum Gasteiger partial charge on any atom is -0.494 e. The van der Waals surface area contributed by atoms with Gasteiger partial charge in [-0.15, -0.1) is 0 Å². The summed E-state index contributed by atoms with van der Waals surface area (Å²) in [5.74, 6) is 0.243. The number of carbonyl (C=O) groups is 2. The first kappa shape index (κ1) is 20.1. The number of benzene rings is 1. The van der Waals surface area contributed by atoms with Crippen molar-refractivity contribution in [2.24, 2.45) is 0 Å². The highest BCUT2D eigenvalue weighted by Crippen LogP contribution is 2.17. The van der Waals surface area contributed by atoms with Crippen LogP contribution in [-0.2, 0) is 9.53 Å². The molecule has 0 fully saturated rings. The Hall–Kier alpha value is -3.68. The summed E-state index contributed by atoms with van der Waals surface area (Å²) < 4.78 is 12.2. The Labute approximate surface area is 168 Å². The van der Waals surface area contributed by atoms with E-state index in [-0.39, 0.29) is 5.56 Å². The number of pyridine rings is 1. The molecule has 0 aliphatic heterocycles. The molecule has 1 amide bonds. The minimum absolute atomic E-state index is 0.274. The second kappa shape index (κ2) is 9.01. The van der Waals surface area contributed by atoms with Gasteiger partial charge in [-0.05, 0) is 57.2 Å². The van der Waals surface area contributed by atoms with Gasteiger partial charge in [0.15, 0.2) is 11.9 Å². The van der Waals surface area contributed by atoms with Crippen molar-refractivity contribution in [1.82, 2.24) is 14.8 Å². The van der Waals surface area contributed by atoms with Crippen LogP contribution in [0.5, 0.6) is 5.75 Å². The zero-order valence-corrected chi connectivity index (χ0v) is 16.5. The second-order valence-corrected chi connectivity index (χ2v) is 6.24. The summed E-state index contributed by atoms with van der Waals surface area (Å²) in [6.07, 6.45) is 2.07. The van der Waals surface area contributed by atoms with Crippen LogP contribution in [0, 0.1) is 6.92 Å². The van der Waals surface area contributed by atoms with E-state index in [1.165, 1.54) is 13.1 Å². The summed E-state index contributed by atoms with van der Waals surface area (Å²) >= 11 is 0. The van der Waals surface area contributed by atoms with Crippen LogP contribution in [0.2, 0.25) is 0 Å². The van der Waals surface area contributed by atoms with Gasteiger partial charge < -0.3 is 14.8 Å².